The number of carbonyl (C=O) groups excluding carboxylic acids is 1. The summed E-state index contributed by atoms with van der Waals surface area (Å²) in [6, 6.07) is 0. The molecule has 0 spiro atoms. The van der Waals surface area contributed by atoms with Gasteiger partial charge >= 0.3 is 5.91 Å². The van der Waals surface area contributed by atoms with Crippen LogP contribution in [0.25, 0.3) is 0 Å². The number of quaternary nitrogens is 1. The van der Waals surface area contributed by atoms with Gasteiger partial charge in [-0.2, -0.15) is 0 Å². The minimum atomic E-state index is -0.551. The zero-order valence-electron chi connectivity index (χ0n) is 8.82. The lowest BCUT2D eigenvalue weighted by atomic mass is 9.93. The van der Waals surface area contributed by atoms with E-state index in [1.54, 1.807) is 41.5 Å². The molecule has 0 aromatic rings. The molecule has 0 rings (SSSR count). The van der Waals surface area contributed by atoms with Gasteiger partial charge in [0.25, 0.3) is 0 Å². The van der Waals surface area contributed by atoms with Crippen LogP contribution in [0.4, 0.5) is 0 Å². The van der Waals surface area contributed by atoms with Crippen LogP contribution in [0, 0.1) is 10.6 Å². The maximum absolute atomic E-state index is 11.5. The Hall–Kier alpha value is -0.410. The summed E-state index contributed by atoms with van der Waals surface area (Å²) in [5.74, 6) is -0.282. The predicted octanol–water partition coefficient (Wildman–Crippen LogP) is 0.740. The van der Waals surface area contributed by atoms with Crippen LogP contribution in [0.5, 0.6) is 0 Å². The predicted molar refractivity (Wildman–Crippen MR) is 48.5 cm³/mol. The lowest BCUT2D eigenvalue weighted by Crippen LogP contribution is -3.18. The molecule has 0 aliphatic heterocycles. The van der Waals surface area contributed by atoms with Crippen molar-refractivity contribution in [3.63, 3.8) is 0 Å². The summed E-state index contributed by atoms with van der Waals surface area (Å²) in [5, 5.41) is 11.2. The second kappa shape index (κ2) is 3.15. The van der Waals surface area contributed by atoms with Crippen LogP contribution in [0.2, 0.25) is 0 Å². The van der Waals surface area contributed by atoms with Gasteiger partial charge in [0.15, 0.2) is 0 Å². The van der Waals surface area contributed by atoms with Gasteiger partial charge in [-0.15, -0.1) is 0 Å². The van der Waals surface area contributed by atoms with Gasteiger partial charge in [0.05, 0.1) is 11.0 Å². The zero-order valence-corrected chi connectivity index (χ0v) is 8.82. The van der Waals surface area contributed by atoms with Crippen molar-refractivity contribution in [1.29, 1.82) is 0 Å². The van der Waals surface area contributed by atoms with Crippen molar-refractivity contribution in [2.24, 2.45) is 5.41 Å². The van der Waals surface area contributed by atoms with E-state index < -0.39 is 11.0 Å². The second-order valence-corrected chi connectivity index (χ2v) is 5.16. The standard InChI is InChI=1S/C9H19NO2/c1-8(2,3)7(11)10(12)9(4,5)6/h10H,1-6H3. The smallest absolute Gasteiger partial charge is 0.317 e. The van der Waals surface area contributed by atoms with Gasteiger partial charge < -0.3 is 10.3 Å². The normalized spacial score (nSPS) is 15.9. The molecule has 0 aromatic heterocycles. The van der Waals surface area contributed by atoms with Gasteiger partial charge in [0.2, 0.25) is 0 Å². The fourth-order valence-corrected chi connectivity index (χ4v) is 0.681. The summed E-state index contributed by atoms with van der Waals surface area (Å²) in [4.78, 5) is 11.5. The van der Waals surface area contributed by atoms with E-state index in [4.69, 9.17) is 0 Å². The van der Waals surface area contributed by atoms with Gasteiger partial charge in [-0.1, -0.05) is 0 Å². The van der Waals surface area contributed by atoms with Crippen molar-refractivity contribution in [1.82, 2.24) is 0 Å². The van der Waals surface area contributed by atoms with E-state index in [2.05, 4.69) is 0 Å². The third kappa shape index (κ3) is 2.91. The van der Waals surface area contributed by atoms with Gasteiger partial charge in [0, 0.05) is 0 Å². The summed E-state index contributed by atoms with van der Waals surface area (Å²) < 4.78 is 0. The Kier molecular flexibility index (Phi) is 3.04. The summed E-state index contributed by atoms with van der Waals surface area (Å²) in [6.07, 6.45) is 0. The van der Waals surface area contributed by atoms with Crippen LogP contribution >= 0.6 is 0 Å². The number of nitrogens with one attached hydrogen (secondary N) is 1. The highest BCUT2D eigenvalue weighted by Crippen LogP contribution is 2.11. The van der Waals surface area contributed by atoms with Crippen LogP contribution in [0.15, 0.2) is 0 Å². The monoisotopic (exact) mass is 173 g/mol. The first kappa shape index (κ1) is 11.6. The molecule has 0 saturated carbocycles. The molecule has 72 valence electrons. The van der Waals surface area contributed by atoms with Crippen molar-refractivity contribution in [3.8, 4) is 0 Å². The van der Waals surface area contributed by atoms with Crippen molar-refractivity contribution >= 4 is 5.91 Å². The van der Waals surface area contributed by atoms with E-state index >= 15 is 0 Å². The Bertz CT molecular complexity index is 174. The van der Waals surface area contributed by atoms with Crippen LogP contribution in [0.1, 0.15) is 41.5 Å². The first-order valence-corrected chi connectivity index (χ1v) is 4.16. The first-order chi connectivity index (χ1) is 5.07. The third-order valence-corrected chi connectivity index (χ3v) is 1.57. The molecule has 0 aliphatic carbocycles. The van der Waals surface area contributed by atoms with Crippen LogP contribution in [-0.4, -0.2) is 11.4 Å². The van der Waals surface area contributed by atoms with E-state index in [-0.39, 0.29) is 11.0 Å². The van der Waals surface area contributed by atoms with Gasteiger partial charge in [-0.25, -0.2) is 4.79 Å². The van der Waals surface area contributed by atoms with E-state index in [0.717, 1.165) is 0 Å². The Balaban J connectivity index is 4.53. The number of carbonyl (C=O) groups is 1. The van der Waals surface area contributed by atoms with Gasteiger partial charge in [0.1, 0.15) is 0 Å². The Morgan fingerprint density at radius 3 is 1.50 bits per heavy atom. The van der Waals surface area contributed by atoms with E-state index in [0.29, 0.717) is 0 Å². The molecular formula is C9H19NO2. The molecule has 12 heavy (non-hydrogen) atoms. The molecule has 0 aromatic carbocycles. The molecule has 0 radical (unpaired) electrons. The SMILES string of the molecule is CC(C)(C)C(=O)[NH+]([O-])C(C)(C)C. The van der Waals surface area contributed by atoms with Crippen molar-refractivity contribution in [2.45, 2.75) is 47.1 Å². The summed E-state index contributed by atoms with van der Waals surface area (Å²) >= 11 is 0. The quantitative estimate of drug-likeness (QED) is 0.549. The van der Waals surface area contributed by atoms with Crippen LogP contribution in [-0.2, 0) is 4.79 Å². The topological polar surface area (TPSA) is 44.6 Å². The molecule has 1 N–H and O–H groups in total. The highest BCUT2D eigenvalue weighted by Gasteiger charge is 2.34. The third-order valence-electron chi connectivity index (χ3n) is 1.57. The molecule has 0 fully saturated rings. The number of amides is 1. The minimum absolute atomic E-state index is 0.282. The number of rotatable bonds is 0. The number of hydrogen-bond donors (Lipinski definition) is 1. The number of hydroxylamine groups is 2. The summed E-state index contributed by atoms with van der Waals surface area (Å²) in [7, 11) is 0. The van der Waals surface area contributed by atoms with Crippen LogP contribution in [0.3, 0.4) is 0 Å². The largest absolute Gasteiger partial charge is 0.626 e. The van der Waals surface area contributed by atoms with Gasteiger partial charge in [-0.3, -0.25) is 0 Å². The van der Waals surface area contributed by atoms with Crippen LogP contribution < -0.4 is 5.06 Å². The molecule has 0 heterocycles. The maximum atomic E-state index is 11.5. The molecule has 0 aliphatic rings. The zero-order chi connectivity index (χ0) is 10.2. The fourth-order valence-electron chi connectivity index (χ4n) is 0.681. The van der Waals surface area contributed by atoms with Crippen molar-refractivity contribution in [2.75, 3.05) is 0 Å². The van der Waals surface area contributed by atoms with Crippen molar-refractivity contribution in [3.05, 3.63) is 5.21 Å². The van der Waals surface area contributed by atoms with Crippen molar-refractivity contribution < 1.29 is 9.86 Å². The molecule has 3 heteroatoms. The highest BCUT2D eigenvalue weighted by molar-refractivity contribution is 5.73. The fraction of sp³-hybridized carbons (Fsp3) is 0.889. The maximum Gasteiger partial charge on any atom is 0.317 e. The average molecular weight is 173 g/mol. The van der Waals surface area contributed by atoms with E-state index in [1.165, 1.54) is 0 Å². The second-order valence-electron chi connectivity index (χ2n) is 5.16. The molecule has 0 saturated heterocycles. The van der Waals surface area contributed by atoms with Gasteiger partial charge in [-0.05, 0) is 41.5 Å². The molecule has 1 unspecified atom stereocenters. The Morgan fingerprint density at radius 2 is 1.42 bits per heavy atom. The summed E-state index contributed by atoms with van der Waals surface area (Å²) in [5.41, 5.74) is -1.10. The lowest BCUT2D eigenvalue weighted by molar-refractivity contribution is -0.823. The highest BCUT2D eigenvalue weighted by atomic mass is 16.5. The van der Waals surface area contributed by atoms with E-state index in [1.807, 2.05) is 0 Å². The first-order valence-electron chi connectivity index (χ1n) is 4.16. The average Bonchev–Trinajstić information content (AvgIpc) is 1.80. The minimum Gasteiger partial charge on any atom is -0.626 e. The Morgan fingerprint density at radius 1 is 1.08 bits per heavy atom. The molecule has 0 bridgehead atoms. The molecular weight excluding hydrogens is 154 g/mol. The molecule has 3 nitrogen and oxygen atoms in total. The summed E-state index contributed by atoms with van der Waals surface area (Å²) in [6.45, 7) is 10.6. The number of hydrogen-bond acceptors (Lipinski definition) is 2. The molecule has 1 atom stereocenters. The van der Waals surface area contributed by atoms with E-state index in [9.17, 15) is 10.0 Å². The lowest BCUT2D eigenvalue weighted by Gasteiger charge is -2.36. The molecule has 1 amide bonds. The Labute approximate surface area is 74.3 Å².